The monoisotopic (exact) mass is 435 g/mol. The molecule has 1 unspecified atom stereocenters. The summed E-state index contributed by atoms with van der Waals surface area (Å²) in [4.78, 5) is 24.7. The molecule has 0 spiro atoms. The van der Waals surface area contributed by atoms with Crippen LogP contribution < -0.4 is 5.56 Å². The molecule has 168 valence electrons. The van der Waals surface area contributed by atoms with E-state index in [0.29, 0.717) is 11.1 Å². The molecule has 1 aliphatic rings. The third-order valence-corrected chi connectivity index (χ3v) is 6.56. The third kappa shape index (κ3) is 4.27. The number of aromatic nitrogens is 1. The van der Waals surface area contributed by atoms with Crippen LogP contribution in [0, 0.1) is 11.3 Å². The highest BCUT2D eigenvalue weighted by atomic mass is 19.4. The van der Waals surface area contributed by atoms with Crippen LogP contribution in [0.5, 0.6) is 0 Å². The van der Waals surface area contributed by atoms with E-state index in [2.05, 4.69) is 0 Å². The zero-order chi connectivity index (χ0) is 23.0. The van der Waals surface area contributed by atoms with Gasteiger partial charge in [-0.25, -0.2) is 0 Å². The largest absolute Gasteiger partial charge is 0.481 e. The van der Waals surface area contributed by atoms with E-state index in [1.165, 1.54) is 0 Å². The van der Waals surface area contributed by atoms with Gasteiger partial charge in [0.15, 0.2) is 0 Å². The number of carboxylic acids is 1. The van der Waals surface area contributed by atoms with E-state index >= 15 is 0 Å². The fourth-order valence-corrected chi connectivity index (χ4v) is 5.15. The van der Waals surface area contributed by atoms with Crippen LogP contribution in [0.1, 0.15) is 63.1 Å². The molecule has 1 aliphatic carbocycles. The number of pyridine rings is 1. The van der Waals surface area contributed by atoms with E-state index in [1.807, 2.05) is 20.8 Å². The van der Waals surface area contributed by atoms with Gasteiger partial charge in [-0.05, 0) is 41.4 Å². The van der Waals surface area contributed by atoms with E-state index in [0.717, 1.165) is 48.6 Å². The lowest BCUT2D eigenvalue weighted by Gasteiger charge is -2.46. The summed E-state index contributed by atoms with van der Waals surface area (Å²) in [5, 5.41) is 10.4. The Morgan fingerprint density at radius 2 is 1.55 bits per heavy atom. The Hall–Kier alpha value is -2.57. The molecule has 2 aromatic rings. The van der Waals surface area contributed by atoms with Gasteiger partial charge in [-0.3, -0.25) is 9.59 Å². The highest BCUT2D eigenvalue weighted by molar-refractivity contribution is 5.83. The number of hydrogen-bond acceptors (Lipinski definition) is 2. The van der Waals surface area contributed by atoms with Crippen molar-refractivity contribution in [3.05, 3.63) is 69.6 Å². The molecule has 1 saturated carbocycles. The molecule has 4 nitrogen and oxygen atoms in total. The average Bonchev–Trinajstić information content (AvgIpc) is 3.17. The van der Waals surface area contributed by atoms with E-state index in [4.69, 9.17) is 0 Å². The van der Waals surface area contributed by atoms with Gasteiger partial charge in [0.1, 0.15) is 5.41 Å². The van der Waals surface area contributed by atoms with Gasteiger partial charge in [-0.15, -0.1) is 0 Å². The zero-order valence-corrected chi connectivity index (χ0v) is 18.0. The molecule has 1 N–H and O–H groups in total. The number of rotatable bonds is 5. The molecule has 0 bridgehead atoms. The van der Waals surface area contributed by atoms with Crippen molar-refractivity contribution in [2.75, 3.05) is 0 Å². The highest BCUT2D eigenvalue weighted by Gasteiger charge is 2.55. The topological polar surface area (TPSA) is 59.3 Å². The van der Waals surface area contributed by atoms with Gasteiger partial charge >= 0.3 is 12.1 Å². The molecule has 1 fully saturated rings. The molecule has 1 aromatic heterocycles. The van der Waals surface area contributed by atoms with Crippen molar-refractivity contribution >= 4 is 5.97 Å². The zero-order valence-electron chi connectivity index (χ0n) is 18.0. The van der Waals surface area contributed by atoms with Crippen LogP contribution in [0.3, 0.4) is 0 Å². The van der Waals surface area contributed by atoms with E-state index in [9.17, 15) is 27.9 Å². The Kier molecular flexibility index (Phi) is 6.09. The summed E-state index contributed by atoms with van der Waals surface area (Å²) in [5.74, 6) is -0.837. The first-order valence-corrected chi connectivity index (χ1v) is 10.5. The van der Waals surface area contributed by atoms with Crippen LogP contribution >= 0.6 is 0 Å². The first-order valence-electron chi connectivity index (χ1n) is 10.5. The Morgan fingerprint density at radius 1 is 1.00 bits per heavy atom. The van der Waals surface area contributed by atoms with Crippen LogP contribution in [0.25, 0.3) is 0 Å². The average molecular weight is 435 g/mol. The highest BCUT2D eigenvalue weighted by Crippen LogP contribution is 2.52. The number of halogens is 3. The van der Waals surface area contributed by atoms with E-state index in [-0.39, 0.29) is 12.5 Å². The Morgan fingerprint density at radius 3 is 2.03 bits per heavy atom. The van der Waals surface area contributed by atoms with Crippen LogP contribution in [0.4, 0.5) is 13.2 Å². The first kappa shape index (κ1) is 23.1. The SMILES string of the molecule is CC(C)(C)C(C(=O)O)(c1ccc(Cn2cc(C(F)(F)F)ccc2=O)cc1)C1CCCC1. The van der Waals surface area contributed by atoms with Crippen molar-refractivity contribution in [1.82, 2.24) is 4.57 Å². The fourth-order valence-electron chi connectivity index (χ4n) is 5.15. The second-order valence-corrected chi connectivity index (χ2v) is 9.42. The van der Waals surface area contributed by atoms with Gasteiger partial charge in [-0.1, -0.05) is 57.9 Å². The second-order valence-electron chi connectivity index (χ2n) is 9.42. The fraction of sp³-hybridized carbons (Fsp3) is 0.500. The van der Waals surface area contributed by atoms with Gasteiger partial charge in [0.05, 0.1) is 12.1 Å². The van der Waals surface area contributed by atoms with Crippen molar-refractivity contribution in [2.45, 2.75) is 64.6 Å². The number of nitrogens with zero attached hydrogens (tertiary/aromatic N) is 1. The molecule has 1 aromatic carbocycles. The van der Waals surface area contributed by atoms with Crippen molar-refractivity contribution in [2.24, 2.45) is 11.3 Å². The minimum absolute atomic E-state index is 0.0157. The van der Waals surface area contributed by atoms with Crippen LogP contribution in [-0.2, 0) is 22.9 Å². The molecular formula is C24H28F3NO3. The lowest BCUT2D eigenvalue weighted by molar-refractivity contribution is -0.152. The summed E-state index contributed by atoms with van der Waals surface area (Å²) in [6, 6.07) is 8.61. The Labute approximate surface area is 179 Å². The quantitative estimate of drug-likeness (QED) is 0.677. The maximum atomic E-state index is 13.0. The maximum Gasteiger partial charge on any atom is 0.417 e. The summed E-state index contributed by atoms with van der Waals surface area (Å²) in [7, 11) is 0. The molecule has 0 saturated heterocycles. The van der Waals surface area contributed by atoms with Crippen LogP contribution in [-0.4, -0.2) is 15.6 Å². The third-order valence-electron chi connectivity index (χ3n) is 6.56. The molecule has 0 radical (unpaired) electrons. The smallest absolute Gasteiger partial charge is 0.417 e. The lowest BCUT2D eigenvalue weighted by atomic mass is 9.55. The lowest BCUT2D eigenvalue weighted by Crippen LogP contribution is -2.52. The second kappa shape index (κ2) is 8.17. The van der Waals surface area contributed by atoms with Crippen molar-refractivity contribution < 1.29 is 23.1 Å². The summed E-state index contributed by atoms with van der Waals surface area (Å²) < 4.78 is 40.0. The van der Waals surface area contributed by atoms with E-state index in [1.54, 1.807) is 24.3 Å². The maximum absolute atomic E-state index is 13.0. The molecule has 3 rings (SSSR count). The van der Waals surface area contributed by atoms with Crippen LogP contribution in [0.15, 0.2) is 47.4 Å². The Bertz CT molecular complexity index is 996. The van der Waals surface area contributed by atoms with Crippen molar-refractivity contribution in [3.63, 3.8) is 0 Å². The number of hydrogen-bond donors (Lipinski definition) is 1. The van der Waals surface area contributed by atoms with Crippen molar-refractivity contribution in [3.8, 4) is 0 Å². The number of carboxylic acid groups (broad SMARTS) is 1. The van der Waals surface area contributed by atoms with Crippen LogP contribution in [0.2, 0.25) is 0 Å². The van der Waals surface area contributed by atoms with Gasteiger partial charge < -0.3 is 9.67 Å². The van der Waals surface area contributed by atoms with Crippen molar-refractivity contribution in [1.29, 1.82) is 0 Å². The molecular weight excluding hydrogens is 407 g/mol. The molecule has 1 atom stereocenters. The normalized spacial score (nSPS) is 17.5. The summed E-state index contributed by atoms with van der Waals surface area (Å²) in [6.07, 6.45) is -0.00555. The number of aliphatic carboxylic acids is 1. The predicted octanol–water partition coefficient (Wildman–Crippen LogP) is 5.47. The van der Waals surface area contributed by atoms with E-state index < -0.39 is 34.1 Å². The molecule has 7 heteroatoms. The van der Waals surface area contributed by atoms with Gasteiger partial charge in [0.2, 0.25) is 0 Å². The number of alkyl halides is 3. The van der Waals surface area contributed by atoms with Gasteiger partial charge in [0.25, 0.3) is 5.56 Å². The molecule has 1 heterocycles. The summed E-state index contributed by atoms with van der Waals surface area (Å²) in [6.45, 7) is 5.79. The Balaban J connectivity index is 1.98. The minimum atomic E-state index is -4.53. The standard InChI is InChI=1S/C24H28F3NO3/c1-22(2,3)23(21(30)31,17-6-4-5-7-17)18-10-8-16(9-11-18)14-28-15-19(24(25,26)27)12-13-20(28)29/h8-13,15,17H,4-7,14H2,1-3H3,(H,30,31). The molecule has 0 amide bonds. The first-order chi connectivity index (χ1) is 14.4. The summed E-state index contributed by atoms with van der Waals surface area (Å²) in [5.41, 5.74) is -1.69. The molecule has 31 heavy (non-hydrogen) atoms. The number of carbonyl (C=O) groups is 1. The number of benzene rings is 1. The van der Waals surface area contributed by atoms with Gasteiger partial charge in [0, 0.05) is 12.3 Å². The summed E-state index contributed by atoms with van der Waals surface area (Å²) >= 11 is 0. The van der Waals surface area contributed by atoms with Gasteiger partial charge in [-0.2, -0.15) is 13.2 Å². The minimum Gasteiger partial charge on any atom is -0.481 e. The molecule has 0 aliphatic heterocycles. The predicted molar refractivity (Wildman–Crippen MR) is 112 cm³/mol.